The van der Waals surface area contributed by atoms with E-state index in [2.05, 4.69) is 0 Å². The lowest BCUT2D eigenvalue weighted by atomic mass is 9.99. The zero-order valence-corrected chi connectivity index (χ0v) is 25.5. The number of hydrogen-bond donors (Lipinski definition) is 6. The SMILES string of the molecule is C[C@@H](O)CCCCCCCCCCCCCCCCCCCCC[C@@H](O)CCOC1OC(CO)C(O)C(O)C1O. The first-order valence-electron chi connectivity index (χ1n) is 16.6. The molecule has 7 atom stereocenters. The third-order valence-electron chi connectivity index (χ3n) is 8.24. The molecule has 0 amide bonds. The van der Waals surface area contributed by atoms with Gasteiger partial charge in [0.15, 0.2) is 6.29 Å². The van der Waals surface area contributed by atoms with Crippen molar-refractivity contribution in [1.82, 2.24) is 0 Å². The summed E-state index contributed by atoms with van der Waals surface area (Å²) < 4.78 is 10.8. The molecule has 1 saturated heterocycles. The smallest absolute Gasteiger partial charge is 0.186 e. The molecule has 1 heterocycles. The zero-order chi connectivity index (χ0) is 29.4. The number of unbranched alkanes of at least 4 members (excludes halogenated alkanes) is 18. The van der Waals surface area contributed by atoms with Crippen LogP contribution in [-0.4, -0.2) is 86.8 Å². The molecule has 0 aliphatic carbocycles. The minimum absolute atomic E-state index is 0.135. The Bertz CT molecular complexity index is 547. The van der Waals surface area contributed by atoms with Gasteiger partial charge in [-0.2, -0.15) is 0 Å². The Balaban J connectivity index is 1.80. The highest BCUT2D eigenvalue weighted by Gasteiger charge is 2.43. The molecule has 0 saturated carbocycles. The molecule has 0 radical (unpaired) electrons. The molecule has 240 valence electrons. The van der Waals surface area contributed by atoms with Crippen molar-refractivity contribution in [3.05, 3.63) is 0 Å². The van der Waals surface area contributed by atoms with Crippen molar-refractivity contribution in [3.63, 3.8) is 0 Å². The fraction of sp³-hybridized carbons (Fsp3) is 1.00. The van der Waals surface area contributed by atoms with Gasteiger partial charge in [-0.05, 0) is 26.2 Å². The highest BCUT2D eigenvalue weighted by Crippen LogP contribution is 2.22. The van der Waals surface area contributed by atoms with E-state index in [4.69, 9.17) is 9.47 Å². The maximum absolute atomic E-state index is 10.2. The monoisotopic (exact) mass is 576 g/mol. The molecular formula is C32H64O8. The zero-order valence-electron chi connectivity index (χ0n) is 25.5. The van der Waals surface area contributed by atoms with Crippen LogP contribution in [0.4, 0.5) is 0 Å². The van der Waals surface area contributed by atoms with Crippen LogP contribution in [0.25, 0.3) is 0 Å². The summed E-state index contributed by atoms with van der Waals surface area (Å²) in [6.45, 7) is 1.56. The van der Waals surface area contributed by atoms with Gasteiger partial charge in [-0.1, -0.05) is 122 Å². The number of rotatable bonds is 27. The van der Waals surface area contributed by atoms with E-state index in [-0.39, 0.29) is 12.7 Å². The van der Waals surface area contributed by atoms with Crippen LogP contribution in [0, 0.1) is 0 Å². The average molecular weight is 577 g/mol. The van der Waals surface area contributed by atoms with E-state index < -0.39 is 43.4 Å². The van der Waals surface area contributed by atoms with Gasteiger partial charge in [-0.3, -0.25) is 0 Å². The van der Waals surface area contributed by atoms with E-state index in [0.717, 1.165) is 19.3 Å². The molecule has 1 fully saturated rings. The molecule has 8 nitrogen and oxygen atoms in total. The van der Waals surface area contributed by atoms with E-state index in [9.17, 15) is 30.6 Å². The van der Waals surface area contributed by atoms with Crippen molar-refractivity contribution in [1.29, 1.82) is 0 Å². The second kappa shape index (κ2) is 25.2. The number of aliphatic hydroxyl groups excluding tert-OH is 6. The quantitative estimate of drug-likeness (QED) is 0.0740. The van der Waals surface area contributed by atoms with E-state index in [1.807, 2.05) is 6.92 Å². The second-order valence-corrected chi connectivity index (χ2v) is 12.2. The van der Waals surface area contributed by atoms with Crippen LogP contribution < -0.4 is 0 Å². The van der Waals surface area contributed by atoms with Crippen LogP contribution in [0.5, 0.6) is 0 Å². The van der Waals surface area contributed by atoms with Crippen molar-refractivity contribution >= 4 is 0 Å². The molecule has 1 aliphatic rings. The predicted molar refractivity (Wildman–Crippen MR) is 159 cm³/mol. The lowest BCUT2D eigenvalue weighted by Crippen LogP contribution is -2.59. The minimum Gasteiger partial charge on any atom is -0.394 e. The van der Waals surface area contributed by atoms with Crippen LogP contribution in [0.3, 0.4) is 0 Å². The first-order valence-corrected chi connectivity index (χ1v) is 16.6. The largest absolute Gasteiger partial charge is 0.394 e. The summed E-state index contributed by atoms with van der Waals surface area (Å²) in [6.07, 6.45) is 19.8. The van der Waals surface area contributed by atoms with Crippen molar-refractivity contribution < 1.29 is 40.1 Å². The van der Waals surface area contributed by atoms with Gasteiger partial charge < -0.3 is 40.1 Å². The molecule has 0 aromatic rings. The Kier molecular flexibility index (Phi) is 23.8. The first-order chi connectivity index (χ1) is 19.4. The third kappa shape index (κ3) is 19.0. The highest BCUT2D eigenvalue weighted by molar-refractivity contribution is 4.88. The average Bonchev–Trinajstić information content (AvgIpc) is 2.93. The normalized spacial score (nSPS) is 24.8. The van der Waals surface area contributed by atoms with Gasteiger partial charge >= 0.3 is 0 Å². The molecular weight excluding hydrogens is 512 g/mol. The maximum atomic E-state index is 10.2. The lowest BCUT2D eigenvalue weighted by Gasteiger charge is -2.39. The number of hydrogen-bond acceptors (Lipinski definition) is 8. The fourth-order valence-electron chi connectivity index (χ4n) is 5.49. The van der Waals surface area contributed by atoms with Gasteiger partial charge in [-0.25, -0.2) is 0 Å². The van der Waals surface area contributed by atoms with E-state index in [1.54, 1.807) is 0 Å². The van der Waals surface area contributed by atoms with E-state index >= 15 is 0 Å². The van der Waals surface area contributed by atoms with Crippen molar-refractivity contribution in [3.8, 4) is 0 Å². The summed E-state index contributed by atoms with van der Waals surface area (Å²) in [5.74, 6) is 0. The van der Waals surface area contributed by atoms with Crippen molar-refractivity contribution in [2.75, 3.05) is 13.2 Å². The summed E-state index contributed by atoms with van der Waals surface area (Å²) >= 11 is 0. The van der Waals surface area contributed by atoms with Crippen LogP contribution in [0.2, 0.25) is 0 Å². The molecule has 0 bridgehead atoms. The van der Waals surface area contributed by atoms with Gasteiger partial charge in [-0.15, -0.1) is 0 Å². The molecule has 5 unspecified atom stereocenters. The highest BCUT2D eigenvalue weighted by atomic mass is 16.7. The Morgan fingerprint density at radius 1 is 0.550 bits per heavy atom. The van der Waals surface area contributed by atoms with Crippen LogP contribution >= 0.6 is 0 Å². The van der Waals surface area contributed by atoms with Crippen molar-refractivity contribution in [2.24, 2.45) is 0 Å². The van der Waals surface area contributed by atoms with Gasteiger partial charge in [0.25, 0.3) is 0 Å². The number of ether oxygens (including phenoxy) is 2. The predicted octanol–water partition coefficient (Wildman–Crippen LogP) is 5.13. The second-order valence-electron chi connectivity index (χ2n) is 12.2. The Labute approximate surface area is 244 Å². The van der Waals surface area contributed by atoms with E-state index in [1.165, 1.54) is 109 Å². The van der Waals surface area contributed by atoms with Gasteiger partial charge in [0.2, 0.25) is 0 Å². The lowest BCUT2D eigenvalue weighted by molar-refractivity contribution is -0.301. The fourth-order valence-corrected chi connectivity index (χ4v) is 5.49. The van der Waals surface area contributed by atoms with Gasteiger partial charge in [0, 0.05) is 0 Å². The van der Waals surface area contributed by atoms with Gasteiger partial charge in [0.05, 0.1) is 25.4 Å². The summed E-state index contributed by atoms with van der Waals surface area (Å²) in [5.41, 5.74) is 0. The molecule has 1 aliphatic heterocycles. The molecule has 0 spiro atoms. The summed E-state index contributed by atoms with van der Waals surface area (Å²) in [5, 5.41) is 58.2. The molecule has 0 aromatic heterocycles. The van der Waals surface area contributed by atoms with Crippen molar-refractivity contribution in [2.45, 2.75) is 191 Å². The Hall–Kier alpha value is -0.320. The Morgan fingerprint density at radius 3 is 1.35 bits per heavy atom. The number of aliphatic hydroxyl groups is 6. The third-order valence-corrected chi connectivity index (χ3v) is 8.24. The minimum atomic E-state index is -1.44. The molecule has 8 heteroatoms. The first kappa shape index (κ1) is 37.7. The van der Waals surface area contributed by atoms with Crippen LogP contribution in [0.1, 0.15) is 148 Å². The topological polar surface area (TPSA) is 140 Å². The maximum Gasteiger partial charge on any atom is 0.186 e. The summed E-state index contributed by atoms with van der Waals surface area (Å²) in [6, 6.07) is 0. The molecule has 0 aromatic carbocycles. The standard InChI is InChI=1S/C32H64O8/c1-26(34)21-19-17-15-13-11-9-7-5-3-2-4-6-8-10-12-14-16-18-20-22-27(35)23-24-39-32-31(38)30(37)29(36)28(25-33)40-32/h26-38H,2-25H2,1H3/t26-,27-,28?,29?,30?,31?,32?/m1/s1. The van der Waals surface area contributed by atoms with Crippen LogP contribution in [-0.2, 0) is 9.47 Å². The molecule has 6 N–H and O–H groups in total. The Morgan fingerprint density at radius 2 is 0.950 bits per heavy atom. The summed E-state index contributed by atoms with van der Waals surface area (Å²) in [7, 11) is 0. The molecule has 1 rings (SSSR count). The van der Waals surface area contributed by atoms with Crippen LogP contribution in [0.15, 0.2) is 0 Å². The molecule has 40 heavy (non-hydrogen) atoms. The van der Waals surface area contributed by atoms with Gasteiger partial charge in [0.1, 0.15) is 24.4 Å². The summed E-state index contributed by atoms with van der Waals surface area (Å²) in [4.78, 5) is 0. The van der Waals surface area contributed by atoms with E-state index in [0.29, 0.717) is 12.8 Å².